The van der Waals surface area contributed by atoms with Crippen molar-refractivity contribution < 1.29 is 14.1 Å². The second-order valence-corrected chi connectivity index (χ2v) is 3.96. The Bertz CT molecular complexity index is 464. The molecule has 0 aliphatic carbocycles. The molecule has 1 N–H and O–H groups in total. The van der Waals surface area contributed by atoms with Crippen LogP contribution in [-0.2, 0) is 4.79 Å². The smallest absolute Gasteiger partial charge is 0.237 e. The largest absolute Gasteiger partial charge is 0.342 e. The van der Waals surface area contributed by atoms with Crippen molar-refractivity contribution in [2.45, 2.75) is 24.9 Å². The minimum absolute atomic E-state index is 0.108. The van der Waals surface area contributed by atoms with Gasteiger partial charge in [0.1, 0.15) is 11.9 Å². The Morgan fingerprint density at radius 2 is 2.12 bits per heavy atom. The molecule has 17 heavy (non-hydrogen) atoms. The maximum absolute atomic E-state index is 13.6. The van der Waals surface area contributed by atoms with Gasteiger partial charge in [-0.05, 0) is 6.07 Å². The van der Waals surface area contributed by atoms with E-state index in [4.69, 9.17) is 0 Å². The van der Waals surface area contributed by atoms with Crippen molar-refractivity contribution in [1.29, 1.82) is 0 Å². The van der Waals surface area contributed by atoms with Crippen LogP contribution in [0.5, 0.6) is 0 Å². The molecule has 0 unspecified atom stereocenters. The summed E-state index contributed by atoms with van der Waals surface area (Å²) in [7, 11) is 0. The molecule has 0 radical (unpaired) electrons. The number of carbonyl (C=O) groups excluding carboxylic acids is 1. The standard InChI is InChI=1S/C11H11FN2O3/c12-8-4-2-1-3-7(8)11-9(14(16)17)5-6-10(15)13-11/h1-4,9,11H,5-6H2,(H,13,15)/t9-,11+/m0/s1. The summed E-state index contributed by atoms with van der Waals surface area (Å²) in [5, 5.41) is 13.4. The van der Waals surface area contributed by atoms with Gasteiger partial charge in [0.2, 0.25) is 11.9 Å². The van der Waals surface area contributed by atoms with Gasteiger partial charge in [0, 0.05) is 23.3 Å². The van der Waals surface area contributed by atoms with Gasteiger partial charge in [0.05, 0.1) is 0 Å². The minimum atomic E-state index is -0.968. The molecule has 2 atom stereocenters. The van der Waals surface area contributed by atoms with Gasteiger partial charge in [0.15, 0.2) is 0 Å². The molecule has 1 aliphatic heterocycles. The highest BCUT2D eigenvalue weighted by Crippen LogP contribution is 2.27. The highest BCUT2D eigenvalue weighted by Gasteiger charge is 2.39. The molecule has 6 heteroatoms. The van der Waals surface area contributed by atoms with Crippen LogP contribution < -0.4 is 5.32 Å². The second kappa shape index (κ2) is 4.48. The Morgan fingerprint density at radius 1 is 1.41 bits per heavy atom. The quantitative estimate of drug-likeness (QED) is 0.625. The van der Waals surface area contributed by atoms with Crippen molar-refractivity contribution in [2.24, 2.45) is 0 Å². The molecule has 0 spiro atoms. The number of hydrogen-bond acceptors (Lipinski definition) is 3. The Labute approximate surface area is 96.8 Å². The minimum Gasteiger partial charge on any atom is -0.342 e. The normalized spacial score (nSPS) is 24.2. The third kappa shape index (κ3) is 2.25. The Balaban J connectivity index is 2.35. The summed E-state index contributed by atoms with van der Waals surface area (Å²) in [6, 6.07) is 3.94. The van der Waals surface area contributed by atoms with Crippen LogP contribution in [0.15, 0.2) is 24.3 Å². The van der Waals surface area contributed by atoms with Crippen LogP contribution in [0.25, 0.3) is 0 Å². The van der Waals surface area contributed by atoms with Crippen LogP contribution in [0.4, 0.5) is 4.39 Å². The first kappa shape index (κ1) is 11.5. The van der Waals surface area contributed by atoms with Crippen LogP contribution in [0.3, 0.4) is 0 Å². The van der Waals surface area contributed by atoms with Crippen molar-refractivity contribution in [3.05, 3.63) is 45.8 Å². The predicted octanol–water partition coefficient (Wildman–Crippen LogP) is 1.42. The average Bonchev–Trinajstić information content (AvgIpc) is 2.29. The van der Waals surface area contributed by atoms with Gasteiger partial charge < -0.3 is 5.32 Å². The van der Waals surface area contributed by atoms with E-state index in [0.29, 0.717) is 0 Å². The van der Waals surface area contributed by atoms with E-state index in [9.17, 15) is 19.3 Å². The second-order valence-electron chi connectivity index (χ2n) is 3.96. The molecule has 1 aromatic carbocycles. The topological polar surface area (TPSA) is 72.2 Å². The van der Waals surface area contributed by atoms with E-state index in [2.05, 4.69) is 5.32 Å². The number of amides is 1. The van der Waals surface area contributed by atoms with Crippen LogP contribution in [0.2, 0.25) is 0 Å². The highest BCUT2D eigenvalue weighted by atomic mass is 19.1. The summed E-state index contributed by atoms with van der Waals surface area (Å²) in [4.78, 5) is 21.7. The van der Waals surface area contributed by atoms with Gasteiger partial charge in [-0.1, -0.05) is 18.2 Å². The Morgan fingerprint density at radius 3 is 2.76 bits per heavy atom. The van der Waals surface area contributed by atoms with Gasteiger partial charge in [-0.25, -0.2) is 4.39 Å². The Kier molecular flexibility index (Phi) is 3.03. The molecule has 0 saturated carbocycles. The molecular weight excluding hydrogens is 227 g/mol. The van der Waals surface area contributed by atoms with E-state index in [1.165, 1.54) is 18.2 Å². The van der Waals surface area contributed by atoms with Crippen LogP contribution in [-0.4, -0.2) is 16.9 Å². The lowest BCUT2D eigenvalue weighted by molar-refractivity contribution is -0.529. The highest BCUT2D eigenvalue weighted by molar-refractivity contribution is 5.77. The zero-order chi connectivity index (χ0) is 12.4. The first-order valence-corrected chi connectivity index (χ1v) is 5.27. The molecule has 2 rings (SSSR count). The molecule has 0 bridgehead atoms. The molecule has 1 aromatic rings. The summed E-state index contributed by atoms with van der Waals surface area (Å²) >= 11 is 0. The maximum atomic E-state index is 13.6. The number of carbonyl (C=O) groups is 1. The lowest BCUT2D eigenvalue weighted by Gasteiger charge is -2.26. The van der Waals surface area contributed by atoms with Gasteiger partial charge >= 0.3 is 0 Å². The summed E-state index contributed by atoms with van der Waals surface area (Å²) in [5.74, 6) is -0.817. The monoisotopic (exact) mass is 238 g/mol. The average molecular weight is 238 g/mol. The van der Waals surface area contributed by atoms with Gasteiger partial charge in [-0.3, -0.25) is 14.9 Å². The molecule has 1 saturated heterocycles. The number of halogens is 1. The van der Waals surface area contributed by atoms with E-state index in [-0.39, 0.29) is 24.3 Å². The fourth-order valence-corrected chi connectivity index (χ4v) is 2.03. The summed E-state index contributed by atoms with van der Waals surface area (Å²) in [6.07, 6.45) is 0.244. The molecular formula is C11H11FN2O3. The van der Waals surface area contributed by atoms with Crippen molar-refractivity contribution in [3.8, 4) is 0 Å². The fraction of sp³-hybridized carbons (Fsp3) is 0.364. The van der Waals surface area contributed by atoms with Crippen molar-refractivity contribution in [1.82, 2.24) is 5.32 Å². The van der Waals surface area contributed by atoms with Crippen molar-refractivity contribution >= 4 is 5.91 Å². The predicted molar refractivity (Wildman–Crippen MR) is 57.3 cm³/mol. The number of nitrogens with zero attached hydrogens (tertiary/aromatic N) is 1. The van der Waals surface area contributed by atoms with Crippen molar-refractivity contribution in [2.75, 3.05) is 0 Å². The molecule has 0 aromatic heterocycles. The third-order valence-corrected chi connectivity index (χ3v) is 2.88. The third-order valence-electron chi connectivity index (χ3n) is 2.88. The molecule has 5 nitrogen and oxygen atoms in total. The number of nitro groups is 1. The zero-order valence-electron chi connectivity index (χ0n) is 8.93. The van der Waals surface area contributed by atoms with Gasteiger partial charge in [0.25, 0.3) is 0 Å². The molecule has 1 aliphatic rings. The number of nitrogens with one attached hydrogen (secondary N) is 1. The number of piperidine rings is 1. The van der Waals surface area contributed by atoms with E-state index in [1.807, 2.05) is 0 Å². The van der Waals surface area contributed by atoms with Crippen LogP contribution >= 0.6 is 0 Å². The first-order chi connectivity index (χ1) is 8.09. The SMILES string of the molecule is O=C1CC[C@H]([N+](=O)[O-])[C@@H](c2ccccc2F)N1. The molecule has 90 valence electrons. The summed E-state index contributed by atoms with van der Waals surface area (Å²) in [5.41, 5.74) is 0.169. The zero-order valence-corrected chi connectivity index (χ0v) is 8.93. The molecule has 1 heterocycles. The Hall–Kier alpha value is -1.98. The van der Waals surface area contributed by atoms with E-state index >= 15 is 0 Å². The van der Waals surface area contributed by atoms with Crippen LogP contribution in [0, 0.1) is 15.9 Å². The van der Waals surface area contributed by atoms with Crippen LogP contribution in [0.1, 0.15) is 24.4 Å². The number of benzene rings is 1. The number of hydrogen-bond donors (Lipinski definition) is 1. The summed E-state index contributed by atoms with van der Waals surface area (Å²) < 4.78 is 13.6. The molecule has 1 amide bonds. The molecule has 1 fully saturated rings. The maximum Gasteiger partial charge on any atom is 0.237 e. The fourth-order valence-electron chi connectivity index (χ4n) is 2.03. The lowest BCUT2D eigenvalue weighted by atomic mass is 9.92. The van der Waals surface area contributed by atoms with E-state index in [1.54, 1.807) is 6.07 Å². The van der Waals surface area contributed by atoms with E-state index < -0.39 is 22.8 Å². The van der Waals surface area contributed by atoms with Gasteiger partial charge in [-0.2, -0.15) is 0 Å². The van der Waals surface area contributed by atoms with E-state index in [0.717, 1.165) is 0 Å². The summed E-state index contributed by atoms with van der Waals surface area (Å²) in [6.45, 7) is 0. The first-order valence-electron chi connectivity index (χ1n) is 5.27. The van der Waals surface area contributed by atoms with Gasteiger partial charge in [-0.15, -0.1) is 0 Å². The lowest BCUT2D eigenvalue weighted by Crippen LogP contribution is -2.45. The number of rotatable bonds is 2. The van der Waals surface area contributed by atoms with Crippen molar-refractivity contribution in [3.63, 3.8) is 0 Å².